The average Bonchev–Trinajstić information content (AvgIpc) is 2.61. The highest BCUT2D eigenvalue weighted by Gasteiger charge is 2.16. The van der Waals surface area contributed by atoms with Gasteiger partial charge < -0.3 is 19.5 Å². The van der Waals surface area contributed by atoms with Gasteiger partial charge in [0.1, 0.15) is 5.75 Å². The fourth-order valence-corrected chi connectivity index (χ4v) is 2.25. The zero-order valence-electron chi connectivity index (χ0n) is 14.5. The van der Waals surface area contributed by atoms with E-state index in [2.05, 4.69) is 12.2 Å². The SMILES string of the molecule is CCc1cccc(OC(C)C(=O)Nc2ccc(OC)c(OC)c2)c1. The molecule has 24 heavy (non-hydrogen) atoms. The molecule has 1 N–H and O–H groups in total. The molecular formula is C19H23NO4. The highest BCUT2D eigenvalue weighted by Crippen LogP contribution is 2.29. The van der Waals surface area contributed by atoms with Crippen molar-refractivity contribution in [3.63, 3.8) is 0 Å². The summed E-state index contributed by atoms with van der Waals surface area (Å²) in [4.78, 5) is 12.3. The Hall–Kier alpha value is -2.69. The molecule has 0 saturated carbocycles. The van der Waals surface area contributed by atoms with E-state index in [9.17, 15) is 4.79 Å². The number of carbonyl (C=O) groups is 1. The number of carbonyl (C=O) groups excluding carboxylic acids is 1. The molecule has 0 saturated heterocycles. The van der Waals surface area contributed by atoms with E-state index in [1.54, 1.807) is 39.3 Å². The van der Waals surface area contributed by atoms with Crippen molar-refractivity contribution in [3.8, 4) is 17.2 Å². The molecule has 1 amide bonds. The van der Waals surface area contributed by atoms with Crippen molar-refractivity contribution in [2.75, 3.05) is 19.5 Å². The number of methoxy groups -OCH3 is 2. The normalized spacial score (nSPS) is 11.5. The van der Waals surface area contributed by atoms with Crippen molar-refractivity contribution < 1.29 is 19.0 Å². The molecule has 0 aromatic heterocycles. The molecule has 1 unspecified atom stereocenters. The summed E-state index contributed by atoms with van der Waals surface area (Å²) in [6, 6.07) is 12.9. The monoisotopic (exact) mass is 329 g/mol. The predicted molar refractivity (Wildman–Crippen MR) is 94.1 cm³/mol. The number of hydrogen-bond acceptors (Lipinski definition) is 4. The number of amides is 1. The van der Waals surface area contributed by atoms with Crippen LogP contribution >= 0.6 is 0 Å². The Morgan fingerprint density at radius 2 is 1.83 bits per heavy atom. The van der Waals surface area contributed by atoms with Crippen LogP contribution in [0.4, 0.5) is 5.69 Å². The first-order chi connectivity index (χ1) is 11.6. The van der Waals surface area contributed by atoms with Crippen LogP contribution < -0.4 is 19.5 Å². The van der Waals surface area contributed by atoms with Crippen LogP contribution in [0.1, 0.15) is 19.4 Å². The number of rotatable bonds is 7. The molecule has 0 radical (unpaired) electrons. The summed E-state index contributed by atoms with van der Waals surface area (Å²) in [5.74, 6) is 1.61. The quantitative estimate of drug-likeness (QED) is 0.842. The van der Waals surface area contributed by atoms with Crippen molar-refractivity contribution in [2.24, 2.45) is 0 Å². The zero-order chi connectivity index (χ0) is 17.5. The molecule has 0 fully saturated rings. The smallest absolute Gasteiger partial charge is 0.265 e. The summed E-state index contributed by atoms with van der Waals surface area (Å²) in [6.45, 7) is 3.79. The Bertz CT molecular complexity index is 700. The van der Waals surface area contributed by atoms with Gasteiger partial charge in [-0.2, -0.15) is 0 Å². The van der Waals surface area contributed by atoms with Crippen molar-refractivity contribution in [3.05, 3.63) is 48.0 Å². The van der Waals surface area contributed by atoms with Crippen LogP contribution in [0.5, 0.6) is 17.2 Å². The maximum atomic E-state index is 12.3. The molecule has 0 heterocycles. The third-order valence-corrected chi connectivity index (χ3v) is 3.64. The molecule has 0 aliphatic heterocycles. The lowest BCUT2D eigenvalue weighted by Gasteiger charge is -2.16. The second-order valence-corrected chi connectivity index (χ2v) is 5.32. The Balaban J connectivity index is 2.03. The predicted octanol–water partition coefficient (Wildman–Crippen LogP) is 3.67. The maximum absolute atomic E-state index is 12.3. The highest BCUT2D eigenvalue weighted by molar-refractivity contribution is 5.94. The average molecular weight is 329 g/mol. The van der Waals surface area contributed by atoms with Gasteiger partial charge in [0.15, 0.2) is 17.6 Å². The number of ether oxygens (including phenoxy) is 3. The van der Waals surface area contributed by atoms with E-state index in [1.807, 2.05) is 24.3 Å². The lowest BCUT2D eigenvalue weighted by Crippen LogP contribution is -2.30. The van der Waals surface area contributed by atoms with Crippen molar-refractivity contribution in [1.29, 1.82) is 0 Å². The maximum Gasteiger partial charge on any atom is 0.265 e. The van der Waals surface area contributed by atoms with Gasteiger partial charge in [-0.15, -0.1) is 0 Å². The molecule has 0 bridgehead atoms. The van der Waals surface area contributed by atoms with Crippen LogP contribution in [0.25, 0.3) is 0 Å². The molecule has 2 aromatic carbocycles. The van der Waals surface area contributed by atoms with E-state index in [0.29, 0.717) is 22.9 Å². The molecule has 2 aromatic rings. The minimum Gasteiger partial charge on any atom is -0.493 e. The van der Waals surface area contributed by atoms with E-state index in [-0.39, 0.29) is 5.91 Å². The van der Waals surface area contributed by atoms with E-state index in [1.165, 1.54) is 5.56 Å². The molecule has 5 heteroatoms. The van der Waals surface area contributed by atoms with Crippen LogP contribution in [0.15, 0.2) is 42.5 Å². The summed E-state index contributed by atoms with van der Waals surface area (Å²) in [5.41, 5.74) is 1.79. The molecule has 0 aliphatic rings. The van der Waals surface area contributed by atoms with Gasteiger partial charge in [-0.05, 0) is 43.2 Å². The minimum absolute atomic E-state index is 0.232. The van der Waals surface area contributed by atoms with Gasteiger partial charge >= 0.3 is 0 Å². The van der Waals surface area contributed by atoms with Gasteiger partial charge in [0.2, 0.25) is 0 Å². The lowest BCUT2D eigenvalue weighted by molar-refractivity contribution is -0.122. The Morgan fingerprint density at radius 1 is 1.08 bits per heavy atom. The topological polar surface area (TPSA) is 56.8 Å². The first kappa shape index (κ1) is 17.7. The molecule has 5 nitrogen and oxygen atoms in total. The summed E-state index contributed by atoms with van der Waals surface area (Å²) >= 11 is 0. The number of aryl methyl sites for hydroxylation is 1. The van der Waals surface area contributed by atoms with Gasteiger partial charge in [-0.3, -0.25) is 4.79 Å². The Kier molecular flexibility index (Phi) is 6.07. The zero-order valence-corrected chi connectivity index (χ0v) is 14.5. The molecule has 0 spiro atoms. The molecule has 2 rings (SSSR count). The van der Waals surface area contributed by atoms with Gasteiger partial charge in [-0.25, -0.2) is 0 Å². The number of anilines is 1. The first-order valence-corrected chi connectivity index (χ1v) is 7.85. The Labute approximate surface area is 142 Å². The second kappa shape index (κ2) is 8.24. The van der Waals surface area contributed by atoms with Crippen LogP contribution in [0.3, 0.4) is 0 Å². The number of hydrogen-bond donors (Lipinski definition) is 1. The highest BCUT2D eigenvalue weighted by atomic mass is 16.5. The summed E-state index contributed by atoms with van der Waals surface area (Å²) in [6.07, 6.45) is 0.300. The van der Waals surface area contributed by atoms with Gasteiger partial charge in [0.25, 0.3) is 5.91 Å². The fraction of sp³-hybridized carbons (Fsp3) is 0.316. The second-order valence-electron chi connectivity index (χ2n) is 5.32. The van der Waals surface area contributed by atoms with Crippen LogP contribution in [-0.4, -0.2) is 26.2 Å². The van der Waals surface area contributed by atoms with Crippen molar-refractivity contribution in [2.45, 2.75) is 26.4 Å². The molecule has 0 aliphatic carbocycles. The molecule has 128 valence electrons. The Morgan fingerprint density at radius 3 is 2.50 bits per heavy atom. The van der Waals surface area contributed by atoms with Crippen molar-refractivity contribution in [1.82, 2.24) is 0 Å². The molecule has 1 atom stereocenters. The fourth-order valence-electron chi connectivity index (χ4n) is 2.25. The third-order valence-electron chi connectivity index (χ3n) is 3.64. The lowest BCUT2D eigenvalue weighted by atomic mass is 10.2. The van der Waals surface area contributed by atoms with Crippen LogP contribution in [-0.2, 0) is 11.2 Å². The van der Waals surface area contributed by atoms with Gasteiger partial charge in [-0.1, -0.05) is 19.1 Å². The van der Waals surface area contributed by atoms with Gasteiger partial charge in [0.05, 0.1) is 14.2 Å². The van der Waals surface area contributed by atoms with E-state index < -0.39 is 6.10 Å². The largest absolute Gasteiger partial charge is 0.493 e. The van der Waals surface area contributed by atoms with E-state index >= 15 is 0 Å². The third kappa shape index (κ3) is 4.41. The van der Waals surface area contributed by atoms with Gasteiger partial charge in [0, 0.05) is 11.8 Å². The van der Waals surface area contributed by atoms with Crippen LogP contribution in [0, 0.1) is 0 Å². The van der Waals surface area contributed by atoms with Crippen molar-refractivity contribution >= 4 is 11.6 Å². The summed E-state index contributed by atoms with van der Waals surface area (Å²) in [5, 5.41) is 2.82. The first-order valence-electron chi connectivity index (χ1n) is 7.85. The van der Waals surface area contributed by atoms with E-state index in [0.717, 1.165) is 6.42 Å². The summed E-state index contributed by atoms with van der Waals surface area (Å²) in [7, 11) is 3.12. The van der Waals surface area contributed by atoms with Crippen LogP contribution in [0.2, 0.25) is 0 Å². The van der Waals surface area contributed by atoms with E-state index in [4.69, 9.17) is 14.2 Å². The molecular weight excluding hydrogens is 306 g/mol. The summed E-state index contributed by atoms with van der Waals surface area (Å²) < 4.78 is 16.1. The standard InChI is InChI=1S/C19H23NO4/c1-5-14-7-6-8-16(11-14)24-13(2)19(21)20-15-9-10-17(22-3)18(12-15)23-4/h6-13H,5H2,1-4H3,(H,20,21). The number of nitrogens with one attached hydrogen (secondary N) is 1. The number of benzene rings is 2. The minimum atomic E-state index is -0.620.